The van der Waals surface area contributed by atoms with E-state index in [1.54, 1.807) is 6.20 Å². The molecule has 6 heteroatoms. The van der Waals surface area contributed by atoms with Gasteiger partial charge >= 0.3 is 0 Å². The predicted molar refractivity (Wildman–Crippen MR) is 78.2 cm³/mol. The second kappa shape index (κ2) is 9.12. The number of nitrogens with one attached hydrogen (secondary N) is 3. The summed E-state index contributed by atoms with van der Waals surface area (Å²) in [7, 11) is 0. The van der Waals surface area contributed by atoms with Crippen molar-refractivity contribution in [2.45, 2.75) is 46.0 Å². The Bertz CT molecular complexity index is 403. The maximum absolute atomic E-state index is 11.8. The molecule has 0 radical (unpaired) electrons. The Morgan fingerprint density at radius 1 is 1.35 bits per heavy atom. The molecule has 0 saturated heterocycles. The van der Waals surface area contributed by atoms with Gasteiger partial charge in [-0.3, -0.25) is 14.7 Å². The van der Waals surface area contributed by atoms with Crippen molar-refractivity contribution < 1.29 is 9.59 Å². The van der Waals surface area contributed by atoms with Crippen LogP contribution in [0, 0.1) is 5.92 Å². The quantitative estimate of drug-likeness (QED) is 0.647. The largest absolute Gasteiger partial charge is 0.347 e. The van der Waals surface area contributed by atoms with Crippen molar-refractivity contribution >= 4 is 17.5 Å². The lowest BCUT2D eigenvalue weighted by atomic mass is 9.95. The molecular weight excluding hydrogens is 256 g/mol. The second-order valence-corrected chi connectivity index (χ2v) is 4.93. The van der Waals surface area contributed by atoms with Crippen molar-refractivity contribution in [3.8, 4) is 0 Å². The van der Waals surface area contributed by atoms with Crippen LogP contribution in [0.5, 0.6) is 0 Å². The number of aromatic amines is 1. The molecule has 2 amide bonds. The van der Waals surface area contributed by atoms with Crippen LogP contribution in [0.3, 0.4) is 0 Å². The van der Waals surface area contributed by atoms with Gasteiger partial charge in [0.15, 0.2) is 0 Å². The van der Waals surface area contributed by atoms with Crippen LogP contribution in [0.4, 0.5) is 5.69 Å². The summed E-state index contributed by atoms with van der Waals surface area (Å²) in [6, 6.07) is 0. The third-order valence-corrected chi connectivity index (χ3v) is 3.25. The van der Waals surface area contributed by atoms with Gasteiger partial charge in [-0.2, -0.15) is 5.10 Å². The number of rotatable bonds is 9. The highest BCUT2D eigenvalue weighted by molar-refractivity contribution is 5.94. The first-order valence-electron chi connectivity index (χ1n) is 7.21. The fourth-order valence-corrected chi connectivity index (χ4v) is 1.98. The number of nitrogens with zero attached hydrogens (tertiary/aromatic N) is 1. The van der Waals surface area contributed by atoms with Crippen LogP contribution in [-0.2, 0) is 9.59 Å². The molecule has 0 aliphatic heterocycles. The molecule has 3 N–H and O–H groups in total. The van der Waals surface area contributed by atoms with Crippen molar-refractivity contribution in [3.63, 3.8) is 0 Å². The molecule has 1 rings (SSSR count). The van der Waals surface area contributed by atoms with Gasteiger partial charge in [-0.1, -0.05) is 33.1 Å². The lowest BCUT2D eigenvalue weighted by Crippen LogP contribution is -2.33. The summed E-state index contributed by atoms with van der Waals surface area (Å²) in [4.78, 5) is 23.3. The van der Waals surface area contributed by atoms with Gasteiger partial charge in [0.05, 0.1) is 18.4 Å². The smallest absolute Gasteiger partial charge is 0.243 e. The van der Waals surface area contributed by atoms with Crippen LogP contribution in [0.2, 0.25) is 0 Å². The fourth-order valence-electron chi connectivity index (χ4n) is 1.98. The molecule has 0 fully saturated rings. The lowest BCUT2D eigenvalue weighted by Gasteiger charge is -2.13. The number of carbonyl (C=O) groups excluding carboxylic acids is 2. The molecule has 1 aromatic heterocycles. The number of aromatic nitrogens is 2. The van der Waals surface area contributed by atoms with Crippen molar-refractivity contribution in [3.05, 3.63) is 12.4 Å². The first-order valence-corrected chi connectivity index (χ1v) is 7.21. The number of H-pyrrole nitrogens is 1. The average molecular weight is 280 g/mol. The van der Waals surface area contributed by atoms with Crippen LogP contribution in [0.1, 0.15) is 46.0 Å². The molecule has 1 heterocycles. The molecule has 0 unspecified atom stereocenters. The maximum Gasteiger partial charge on any atom is 0.243 e. The van der Waals surface area contributed by atoms with Crippen LogP contribution < -0.4 is 10.6 Å². The number of hydrogen-bond acceptors (Lipinski definition) is 3. The van der Waals surface area contributed by atoms with Crippen molar-refractivity contribution in [1.82, 2.24) is 15.5 Å². The third-order valence-electron chi connectivity index (χ3n) is 3.25. The minimum Gasteiger partial charge on any atom is -0.347 e. The van der Waals surface area contributed by atoms with E-state index in [1.807, 2.05) is 0 Å². The average Bonchev–Trinajstić information content (AvgIpc) is 2.94. The van der Waals surface area contributed by atoms with Gasteiger partial charge in [0.25, 0.3) is 0 Å². The van der Waals surface area contributed by atoms with E-state index in [0.717, 1.165) is 25.7 Å². The topological polar surface area (TPSA) is 86.9 Å². The van der Waals surface area contributed by atoms with Gasteiger partial charge < -0.3 is 10.6 Å². The van der Waals surface area contributed by atoms with Gasteiger partial charge in [-0.15, -0.1) is 0 Å². The molecular formula is C14H24N4O2. The Balaban J connectivity index is 2.22. The number of hydrogen-bond donors (Lipinski definition) is 3. The van der Waals surface area contributed by atoms with Crippen molar-refractivity contribution in [1.29, 1.82) is 0 Å². The van der Waals surface area contributed by atoms with Crippen LogP contribution in [0.25, 0.3) is 0 Å². The van der Waals surface area contributed by atoms with Gasteiger partial charge in [-0.25, -0.2) is 0 Å². The Morgan fingerprint density at radius 3 is 2.75 bits per heavy atom. The molecule has 0 spiro atoms. The molecule has 0 aromatic carbocycles. The predicted octanol–water partition coefficient (Wildman–Crippen LogP) is 2.07. The van der Waals surface area contributed by atoms with Crippen LogP contribution in [-0.4, -0.2) is 28.6 Å². The van der Waals surface area contributed by atoms with E-state index < -0.39 is 0 Å². The van der Waals surface area contributed by atoms with E-state index in [9.17, 15) is 9.59 Å². The fraction of sp³-hybridized carbons (Fsp3) is 0.643. The molecule has 0 saturated carbocycles. The van der Waals surface area contributed by atoms with E-state index in [1.165, 1.54) is 6.20 Å². The highest BCUT2D eigenvalue weighted by atomic mass is 16.2. The monoisotopic (exact) mass is 280 g/mol. The zero-order valence-corrected chi connectivity index (χ0v) is 12.2. The molecule has 1 atom stereocenters. The summed E-state index contributed by atoms with van der Waals surface area (Å²) in [5.74, 6) is 0.100. The Morgan fingerprint density at radius 2 is 2.15 bits per heavy atom. The molecule has 0 aliphatic rings. The molecule has 20 heavy (non-hydrogen) atoms. The number of carbonyl (C=O) groups is 2. The number of amides is 2. The van der Waals surface area contributed by atoms with Crippen LogP contribution >= 0.6 is 0 Å². The SMILES string of the molecule is CCCC[C@H](CC)CC(=O)NCC(=O)Nc1cn[nH]c1. The van der Waals surface area contributed by atoms with E-state index in [4.69, 9.17) is 0 Å². The minimum absolute atomic E-state index is 0.00573. The molecule has 0 aliphatic carbocycles. The summed E-state index contributed by atoms with van der Waals surface area (Å²) < 4.78 is 0. The summed E-state index contributed by atoms with van der Waals surface area (Å²) in [6.45, 7) is 4.24. The molecule has 1 aromatic rings. The van der Waals surface area contributed by atoms with Gasteiger partial charge in [0.1, 0.15) is 0 Å². The first-order chi connectivity index (χ1) is 9.65. The van der Waals surface area contributed by atoms with Gasteiger partial charge in [0.2, 0.25) is 11.8 Å². The molecule has 0 bridgehead atoms. The second-order valence-electron chi connectivity index (χ2n) is 4.93. The normalized spacial score (nSPS) is 11.9. The van der Waals surface area contributed by atoms with Crippen molar-refractivity contribution in [2.75, 3.05) is 11.9 Å². The highest BCUT2D eigenvalue weighted by Crippen LogP contribution is 2.16. The third kappa shape index (κ3) is 6.36. The molecule has 112 valence electrons. The summed E-state index contributed by atoms with van der Waals surface area (Å²) in [6.07, 6.45) is 7.94. The summed E-state index contributed by atoms with van der Waals surface area (Å²) >= 11 is 0. The number of unbranched alkanes of at least 4 members (excludes halogenated alkanes) is 1. The maximum atomic E-state index is 11.8. The Kier molecular flexibility index (Phi) is 7.39. The zero-order valence-electron chi connectivity index (χ0n) is 12.2. The van der Waals surface area contributed by atoms with Crippen LogP contribution in [0.15, 0.2) is 12.4 Å². The Labute approximate surface area is 119 Å². The van der Waals surface area contributed by atoms with Crippen molar-refractivity contribution in [2.24, 2.45) is 5.92 Å². The summed E-state index contributed by atoms with van der Waals surface area (Å²) in [5, 5.41) is 11.6. The Hall–Kier alpha value is -1.85. The van der Waals surface area contributed by atoms with E-state index in [2.05, 4.69) is 34.7 Å². The summed E-state index contributed by atoms with van der Waals surface area (Å²) in [5.41, 5.74) is 0.596. The molecule has 6 nitrogen and oxygen atoms in total. The van der Waals surface area contributed by atoms with E-state index in [-0.39, 0.29) is 18.4 Å². The lowest BCUT2D eigenvalue weighted by molar-refractivity contribution is -0.124. The zero-order chi connectivity index (χ0) is 14.8. The first kappa shape index (κ1) is 16.2. The highest BCUT2D eigenvalue weighted by Gasteiger charge is 2.12. The minimum atomic E-state index is -0.249. The number of anilines is 1. The van der Waals surface area contributed by atoms with E-state index in [0.29, 0.717) is 18.0 Å². The van der Waals surface area contributed by atoms with E-state index >= 15 is 0 Å². The van der Waals surface area contributed by atoms with Gasteiger partial charge in [0, 0.05) is 12.6 Å². The standard InChI is InChI=1S/C14H24N4O2/c1-3-5-6-11(4-2)7-13(19)15-10-14(20)18-12-8-16-17-9-12/h8-9,11H,3-7,10H2,1-2H3,(H,15,19)(H,16,17)(H,18,20)/t11-/m0/s1. The van der Waals surface area contributed by atoms with Gasteiger partial charge in [-0.05, 0) is 12.3 Å².